The number of oxime groups is 1. The maximum atomic E-state index is 12.3. The normalized spacial score (nSPS) is 11.1. The van der Waals surface area contributed by atoms with Gasteiger partial charge in [0.05, 0.1) is 6.54 Å². The number of ether oxygens (including phenoxy) is 1. The van der Waals surface area contributed by atoms with Crippen LogP contribution in [0.5, 0.6) is 5.75 Å². The predicted molar refractivity (Wildman–Crippen MR) is 87.9 cm³/mol. The first-order valence-corrected chi connectivity index (χ1v) is 7.13. The number of nitrogens with zero attached hydrogens (tertiary/aromatic N) is 2. The van der Waals surface area contributed by atoms with Gasteiger partial charge in [-0.25, -0.2) is 0 Å². The first kappa shape index (κ1) is 16.4. The summed E-state index contributed by atoms with van der Waals surface area (Å²) in [5.74, 6) is 0.665. The van der Waals surface area contributed by atoms with Crippen molar-refractivity contribution in [2.75, 3.05) is 20.2 Å². The molecule has 0 saturated heterocycles. The molecule has 6 nitrogen and oxygen atoms in total. The first-order valence-electron chi connectivity index (χ1n) is 7.13. The van der Waals surface area contributed by atoms with Gasteiger partial charge in [-0.3, -0.25) is 4.79 Å². The van der Waals surface area contributed by atoms with Crippen LogP contribution in [0.4, 0.5) is 0 Å². The molecule has 0 radical (unpaired) electrons. The van der Waals surface area contributed by atoms with Crippen LogP contribution in [0.2, 0.25) is 0 Å². The summed E-state index contributed by atoms with van der Waals surface area (Å²) in [5, 5.41) is 11.5. The van der Waals surface area contributed by atoms with Crippen molar-refractivity contribution >= 4 is 11.7 Å². The van der Waals surface area contributed by atoms with Gasteiger partial charge < -0.3 is 20.6 Å². The van der Waals surface area contributed by atoms with Crippen molar-refractivity contribution in [1.29, 1.82) is 0 Å². The second kappa shape index (κ2) is 7.84. The Hall–Kier alpha value is -3.02. The lowest BCUT2D eigenvalue weighted by Gasteiger charge is -2.17. The van der Waals surface area contributed by atoms with Crippen LogP contribution in [0.25, 0.3) is 0 Å². The third-order valence-corrected chi connectivity index (χ3v) is 3.32. The van der Waals surface area contributed by atoms with Crippen molar-refractivity contribution in [1.82, 2.24) is 4.90 Å². The smallest absolute Gasteiger partial charge is 0.253 e. The Labute approximate surface area is 134 Å². The van der Waals surface area contributed by atoms with Gasteiger partial charge >= 0.3 is 0 Å². The Morgan fingerprint density at radius 2 is 1.74 bits per heavy atom. The summed E-state index contributed by atoms with van der Waals surface area (Å²) in [6.45, 7) is 0.879. The van der Waals surface area contributed by atoms with Crippen molar-refractivity contribution in [3.05, 3.63) is 65.7 Å². The number of amides is 1. The van der Waals surface area contributed by atoms with E-state index in [4.69, 9.17) is 15.7 Å². The van der Waals surface area contributed by atoms with Crippen LogP contribution < -0.4 is 10.5 Å². The zero-order chi connectivity index (χ0) is 16.7. The first-order chi connectivity index (χ1) is 11.1. The van der Waals surface area contributed by atoms with E-state index >= 15 is 0 Å². The fourth-order valence-corrected chi connectivity index (χ4v) is 1.98. The lowest BCUT2D eigenvalue weighted by molar-refractivity contribution is 0.0774. The van der Waals surface area contributed by atoms with Gasteiger partial charge in [0, 0.05) is 18.2 Å². The standard InChI is InChI=1S/C17H19N3O3/c1-20(11-12-23-15-5-3-2-4-6-15)17(21)14-9-7-13(8-10-14)16(18)19-22/h2-10,22H,11-12H2,1H3,(H2,18,19). The van der Waals surface area contributed by atoms with Gasteiger partial charge in [0.15, 0.2) is 5.84 Å². The highest BCUT2D eigenvalue weighted by atomic mass is 16.5. The minimum atomic E-state index is -0.118. The van der Waals surface area contributed by atoms with E-state index in [2.05, 4.69) is 5.16 Å². The predicted octanol–water partition coefficient (Wildman–Crippen LogP) is 1.93. The van der Waals surface area contributed by atoms with Crippen LogP contribution in [0, 0.1) is 0 Å². The van der Waals surface area contributed by atoms with Crippen molar-refractivity contribution in [2.24, 2.45) is 10.9 Å². The molecule has 6 heteroatoms. The summed E-state index contributed by atoms with van der Waals surface area (Å²) < 4.78 is 5.57. The molecule has 0 bridgehead atoms. The third-order valence-electron chi connectivity index (χ3n) is 3.32. The maximum absolute atomic E-state index is 12.3. The van der Waals surface area contributed by atoms with Gasteiger partial charge in [0.1, 0.15) is 12.4 Å². The Kier molecular flexibility index (Phi) is 5.57. The number of benzene rings is 2. The van der Waals surface area contributed by atoms with Crippen molar-refractivity contribution < 1.29 is 14.7 Å². The molecule has 0 aromatic heterocycles. The van der Waals surface area contributed by atoms with E-state index in [0.29, 0.717) is 24.3 Å². The number of likely N-dealkylation sites (N-methyl/N-ethyl adjacent to an activating group) is 1. The lowest BCUT2D eigenvalue weighted by atomic mass is 10.1. The maximum Gasteiger partial charge on any atom is 0.253 e. The number of hydrogen-bond acceptors (Lipinski definition) is 4. The summed E-state index contributed by atoms with van der Waals surface area (Å²) in [5.41, 5.74) is 6.57. The number of carbonyl (C=O) groups excluding carboxylic acids is 1. The molecule has 0 fully saturated rings. The van der Waals surface area contributed by atoms with Crippen molar-refractivity contribution in [2.45, 2.75) is 0 Å². The number of amidine groups is 1. The van der Waals surface area contributed by atoms with Gasteiger partial charge in [0.2, 0.25) is 0 Å². The molecule has 0 heterocycles. The zero-order valence-electron chi connectivity index (χ0n) is 12.8. The highest BCUT2D eigenvalue weighted by molar-refractivity contribution is 5.99. The van der Waals surface area contributed by atoms with E-state index in [1.807, 2.05) is 30.3 Å². The molecular formula is C17H19N3O3. The molecule has 0 atom stereocenters. The Morgan fingerprint density at radius 1 is 1.13 bits per heavy atom. The molecule has 0 aliphatic rings. The van der Waals surface area contributed by atoms with Gasteiger partial charge in [-0.15, -0.1) is 0 Å². The summed E-state index contributed by atoms with van der Waals surface area (Å²) in [7, 11) is 1.72. The Balaban J connectivity index is 1.89. The number of rotatable bonds is 6. The molecule has 3 N–H and O–H groups in total. The average Bonchev–Trinajstić information content (AvgIpc) is 2.61. The monoisotopic (exact) mass is 313 g/mol. The number of carbonyl (C=O) groups is 1. The van der Waals surface area contributed by atoms with Crippen LogP contribution in [-0.2, 0) is 0 Å². The minimum absolute atomic E-state index is 0.00798. The van der Waals surface area contributed by atoms with E-state index in [1.165, 1.54) is 0 Å². The van der Waals surface area contributed by atoms with E-state index in [0.717, 1.165) is 5.75 Å². The highest BCUT2D eigenvalue weighted by Crippen LogP contribution is 2.09. The molecule has 2 aromatic carbocycles. The summed E-state index contributed by atoms with van der Waals surface area (Å²) >= 11 is 0. The lowest BCUT2D eigenvalue weighted by Crippen LogP contribution is -2.30. The van der Waals surface area contributed by atoms with Gasteiger partial charge in [-0.2, -0.15) is 0 Å². The molecule has 0 spiro atoms. The van der Waals surface area contributed by atoms with Crippen LogP contribution >= 0.6 is 0 Å². The zero-order valence-corrected chi connectivity index (χ0v) is 12.8. The van der Waals surface area contributed by atoms with E-state index in [-0.39, 0.29) is 11.7 Å². The van der Waals surface area contributed by atoms with Crippen LogP contribution in [0.3, 0.4) is 0 Å². The Bertz CT molecular complexity index is 669. The second-order valence-electron chi connectivity index (χ2n) is 4.95. The molecule has 0 saturated carbocycles. The quantitative estimate of drug-likeness (QED) is 0.369. The molecular weight excluding hydrogens is 294 g/mol. The Morgan fingerprint density at radius 3 is 2.35 bits per heavy atom. The molecule has 2 rings (SSSR count). The SMILES string of the molecule is CN(CCOc1ccccc1)C(=O)c1ccc(C(N)=NO)cc1. The third kappa shape index (κ3) is 4.47. The summed E-state index contributed by atoms with van der Waals surface area (Å²) in [6.07, 6.45) is 0. The molecule has 0 aliphatic carbocycles. The van der Waals surface area contributed by atoms with Gasteiger partial charge in [-0.05, 0) is 24.3 Å². The van der Waals surface area contributed by atoms with Crippen LogP contribution in [0.1, 0.15) is 15.9 Å². The topological polar surface area (TPSA) is 88.2 Å². The molecule has 1 amide bonds. The molecule has 120 valence electrons. The van der Waals surface area contributed by atoms with E-state index in [9.17, 15) is 4.79 Å². The van der Waals surface area contributed by atoms with Crippen LogP contribution in [0.15, 0.2) is 59.8 Å². The molecule has 0 aliphatic heterocycles. The van der Waals surface area contributed by atoms with E-state index in [1.54, 1.807) is 36.2 Å². The van der Waals surface area contributed by atoms with Crippen LogP contribution in [-0.4, -0.2) is 42.0 Å². The van der Waals surface area contributed by atoms with Gasteiger partial charge in [-0.1, -0.05) is 35.5 Å². The highest BCUT2D eigenvalue weighted by Gasteiger charge is 2.12. The van der Waals surface area contributed by atoms with Crippen molar-refractivity contribution in [3.63, 3.8) is 0 Å². The summed E-state index contributed by atoms with van der Waals surface area (Å²) in [6, 6.07) is 16.0. The van der Waals surface area contributed by atoms with E-state index < -0.39 is 0 Å². The fraction of sp³-hybridized carbons (Fsp3) is 0.176. The van der Waals surface area contributed by atoms with Gasteiger partial charge in [0.25, 0.3) is 5.91 Å². The molecule has 23 heavy (non-hydrogen) atoms. The summed E-state index contributed by atoms with van der Waals surface area (Å²) in [4.78, 5) is 13.9. The molecule has 0 unspecified atom stereocenters. The van der Waals surface area contributed by atoms with Crippen molar-refractivity contribution in [3.8, 4) is 5.75 Å². The fourth-order valence-electron chi connectivity index (χ4n) is 1.98. The number of nitrogens with two attached hydrogens (primary N) is 1. The average molecular weight is 313 g/mol. The minimum Gasteiger partial charge on any atom is -0.492 e. The number of para-hydroxylation sites is 1. The second-order valence-corrected chi connectivity index (χ2v) is 4.95. The molecule has 2 aromatic rings. The largest absolute Gasteiger partial charge is 0.492 e. The number of hydrogen-bond donors (Lipinski definition) is 2.